The lowest BCUT2D eigenvalue weighted by Crippen LogP contribution is -2.48. The summed E-state index contributed by atoms with van der Waals surface area (Å²) >= 11 is 6.14. The Kier molecular flexibility index (Phi) is 6.81. The standard InChI is InChI=1S/C25H23ClN2O5S/c1-3-13-32-20-6-4-5-19(15-20)27-25(29)24-16-28(22-14-18(26)9-12-23(22)33-24)34(30,31)21-10-7-17(2)8-11-21/h3-12,14-15,24H,1,13,16H2,2H3,(H,27,29)/t24-/m1/s1. The summed E-state index contributed by atoms with van der Waals surface area (Å²) in [4.78, 5) is 13.2. The lowest BCUT2D eigenvalue weighted by molar-refractivity contribution is -0.122. The van der Waals surface area contributed by atoms with Gasteiger partial charge in [-0.1, -0.05) is 48.0 Å². The number of carbonyl (C=O) groups is 1. The van der Waals surface area contributed by atoms with E-state index < -0.39 is 22.0 Å². The molecule has 3 aromatic carbocycles. The van der Waals surface area contributed by atoms with Gasteiger partial charge in [0, 0.05) is 16.8 Å². The highest BCUT2D eigenvalue weighted by Crippen LogP contribution is 2.39. The highest BCUT2D eigenvalue weighted by atomic mass is 35.5. The quantitative estimate of drug-likeness (QED) is 0.472. The van der Waals surface area contributed by atoms with E-state index in [1.807, 2.05) is 6.92 Å². The Balaban J connectivity index is 1.63. The lowest BCUT2D eigenvalue weighted by atomic mass is 10.2. The summed E-state index contributed by atoms with van der Waals surface area (Å²) in [6.45, 7) is 5.59. The molecule has 34 heavy (non-hydrogen) atoms. The summed E-state index contributed by atoms with van der Waals surface area (Å²) in [7, 11) is -3.98. The number of benzene rings is 3. The van der Waals surface area contributed by atoms with Gasteiger partial charge in [-0.25, -0.2) is 8.42 Å². The van der Waals surface area contributed by atoms with E-state index in [-0.39, 0.29) is 22.9 Å². The first-order valence-electron chi connectivity index (χ1n) is 10.5. The van der Waals surface area contributed by atoms with Crippen LogP contribution >= 0.6 is 11.6 Å². The predicted molar refractivity (Wildman–Crippen MR) is 132 cm³/mol. The topological polar surface area (TPSA) is 84.9 Å². The largest absolute Gasteiger partial charge is 0.489 e. The molecule has 7 nitrogen and oxygen atoms in total. The first kappa shape index (κ1) is 23.7. The molecular weight excluding hydrogens is 476 g/mol. The zero-order valence-electron chi connectivity index (χ0n) is 18.4. The number of sulfonamides is 1. The molecule has 0 saturated heterocycles. The van der Waals surface area contributed by atoms with E-state index in [9.17, 15) is 13.2 Å². The Morgan fingerprint density at radius 3 is 2.71 bits per heavy atom. The first-order chi connectivity index (χ1) is 16.3. The van der Waals surface area contributed by atoms with E-state index in [1.54, 1.807) is 54.6 Å². The molecular formula is C25H23ClN2O5S. The van der Waals surface area contributed by atoms with Crippen LogP contribution in [0.1, 0.15) is 5.56 Å². The van der Waals surface area contributed by atoms with E-state index in [0.29, 0.717) is 23.1 Å². The van der Waals surface area contributed by atoms with Gasteiger partial charge in [-0.15, -0.1) is 0 Å². The van der Waals surface area contributed by atoms with Gasteiger partial charge in [-0.05, 0) is 49.4 Å². The number of anilines is 2. The van der Waals surface area contributed by atoms with Crippen LogP contribution in [0.25, 0.3) is 0 Å². The number of aryl methyl sites for hydroxylation is 1. The summed E-state index contributed by atoms with van der Waals surface area (Å²) in [5.74, 6) is 0.311. The zero-order chi connectivity index (χ0) is 24.3. The molecule has 1 aliphatic rings. The number of halogens is 1. The van der Waals surface area contributed by atoms with Gasteiger partial charge in [-0.3, -0.25) is 9.10 Å². The van der Waals surface area contributed by atoms with Crippen molar-refractivity contribution < 1.29 is 22.7 Å². The Hall–Kier alpha value is -3.49. The van der Waals surface area contributed by atoms with Crippen LogP contribution in [0.15, 0.2) is 84.3 Å². The zero-order valence-corrected chi connectivity index (χ0v) is 20.0. The van der Waals surface area contributed by atoms with Gasteiger partial charge in [0.1, 0.15) is 18.1 Å². The SMILES string of the molecule is C=CCOc1cccc(NC(=O)[C@H]2CN(S(=O)(=O)c3ccc(C)cc3)c3cc(Cl)ccc3O2)c1. The second-order valence-corrected chi connectivity index (χ2v) is 9.98. The molecule has 176 valence electrons. The second-order valence-electron chi connectivity index (χ2n) is 7.68. The highest BCUT2D eigenvalue weighted by Gasteiger charge is 2.37. The third-order valence-electron chi connectivity index (χ3n) is 5.16. The van der Waals surface area contributed by atoms with Gasteiger partial charge < -0.3 is 14.8 Å². The van der Waals surface area contributed by atoms with Crippen molar-refractivity contribution >= 4 is 38.9 Å². The van der Waals surface area contributed by atoms with E-state index in [2.05, 4.69) is 11.9 Å². The monoisotopic (exact) mass is 498 g/mol. The van der Waals surface area contributed by atoms with Crippen molar-refractivity contribution in [1.82, 2.24) is 0 Å². The number of nitrogens with one attached hydrogen (secondary N) is 1. The number of fused-ring (bicyclic) bond motifs is 1. The molecule has 0 spiro atoms. The molecule has 3 aromatic rings. The van der Waals surface area contributed by atoms with Crippen molar-refractivity contribution in [2.45, 2.75) is 17.9 Å². The van der Waals surface area contributed by atoms with Crippen LogP contribution in [0.5, 0.6) is 11.5 Å². The van der Waals surface area contributed by atoms with Gasteiger partial charge in [0.05, 0.1) is 17.1 Å². The molecule has 9 heteroatoms. The fraction of sp³-hybridized carbons (Fsp3) is 0.160. The number of ether oxygens (including phenoxy) is 2. The van der Waals surface area contributed by atoms with Crippen molar-refractivity contribution in [2.24, 2.45) is 0 Å². The maximum absolute atomic E-state index is 13.5. The van der Waals surface area contributed by atoms with Crippen molar-refractivity contribution in [2.75, 3.05) is 22.8 Å². The van der Waals surface area contributed by atoms with Gasteiger partial charge in [0.15, 0.2) is 6.10 Å². The molecule has 0 aromatic heterocycles. The third kappa shape index (κ3) is 5.03. The molecule has 0 radical (unpaired) electrons. The normalized spacial score (nSPS) is 15.1. The first-order valence-corrected chi connectivity index (χ1v) is 12.3. The summed E-state index contributed by atoms with van der Waals surface area (Å²) in [6.07, 6.45) is 0.528. The smallest absolute Gasteiger partial charge is 0.267 e. The molecule has 0 bridgehead atoms. The number of amides is 1. The van der Waals surface area contributed by atoms with Crippen LogP contribution in [0.2, 0.25) is 5.02 Å². The fourth-order valence-electron chi connectivity index (χ4n) is 3.47. The van der Waals surface area contributed by atoms with Crippen molar-refractivity contribution in [3.05, 3.63) is 90.0 Å². The molecule has 1 aliphatic heterocycles. The van der Waals surface area contributed by atoms with E-state index in [1.165, 1.54) is 18.2 Å². The fourth-order valence-corrected chi connectivity index (χ4v) is 5.10. The highest BCUT2D eigenvalue weighted by molar-refractivity contribution is 7.92. The number of carbonyl (C=O) groups excluding carboxylic acids is 1. The molecule has 0 unspecified atom stereocenters. The molecule has 0 aliphatic carbocycles. The van der Waals surface area contributed by atoms with Crippen molar-refractivity contribution in [3.8, 4) is 11.5 Å². The van der Waals surface area contributed by atoms with Gasteiger partial charge >= 0.3 is 0 Å². The van der Waals surface area contributed by atoms with E-state index in [0.717, 1.165) is 9.87 Å². The minimum absolute atomic E-state index is 0.108. The van der Waals surface area contributed by atoms with E-state index >= 15 is 0 Å². The van der Waals surface area contributed by atoms with Crippen LogP contribution < -0.4 is 19.1 Å². The summed E-state index contributed by atoms with van der Waals surface area (Å²) in [5, 5.41) is 3.13. The van der Waals surface area contributed by atoms with Crippen LogP contribution in [-0.4, -0.2) is 33.6 Å². The van der Waals surface area contributed by atoms with Crippen LogP contribution in [0, 0.1) is 6.92 Å². The molecule has 1 N–H and O–H groups in total. The minimum atomic E-state index is -3.98. The Labute approximate surface area is 203 Å². The minimum Gasteiger partial charge on any atom is -0.489 e. The summed E-state index contributed by atoms with van der Waals surface area (Å²) < 4.78 is 39.6. The average molecular weight is 499 g/mol. The number of hydrogen-bond donors (Lipinski definition) is 1. The molecule has 1 amide bonds. The van der Waals surface area contributed by atoms with Crippen LogP contribution in [-0.2, 0) is 14.8 Å². The van der Waals surface area contributed by atoms with Crippen LogP contribution in [0.4, 0.5) is 11.4 Å². The molecule has 0 saturated carbocycles. The summed E-state index contributed by atoms with van der Waals surface area (Å²) in [5.41, 5.74) is 1.70. The van der Waals surface area contributed by atoms with Gasteiger partial charge in [0.25, 0.3) is 15.9 Å². The molecule has 4 rings (SSSR count). The molecule has 1 atom stereocenters. The van der Waals surface area contributed by atoms with Crippen molar-refractivity contribution in [3.63, 3.8) is 0 Å². The maximum Gasteiger partial charge on any atom is 0.267 e. The van der Waals surface area contributed by atoms with E-state index in [4.69, 9.17) is 21.1 Å². The number of nitrogens with zero attached hydrogens (tertiary/aromatic N) is 1. The maximum atomic E-state index is 13.5. The van der Waals surface area contributed by atoms with Crippen LogP contribution in [0.3, 0.4) is 0 Å². The third-order valence-corrected chi connectivity index (χ3v) is 7.19. The number of hydrogen-bond acceptors (Lipinski definition) is 5. The summed E-state index contributed by atoms with van der Waals surface area (Å²) in [6, 6.07) is 18.0. The second kappa shape index (κ2) is 9.79. The molecule has 1 heterocycles. The molecule has 0 fully saturated rings. The van der Waals surface area contributed by atoms with Crippen molar-refractivity contribution in [1.29, 1.82) is 0 Å². The predicted octanol–water partition coefficient (Wildman–Crippen LogP) is 4.81. The Bertz CT molecular complexity index is 1330. The Morgan fingerprint density at radius 2 is 1.97 bits per heavy atom. The number of rotatable bonds is 7. The lowest BCUT2D eigenvalue weighted by Gasteiger charge is -2.35. The van der Waals surface area contributed by atoms with Gasteiger partial charge in [-0.2, -0.15) is 0 Å². The van der Waals surface area contributed by atoms with Gasteiger partial charge in [0.2, 0.25) is 0 Å². The Morgan fingerprint density at radius 1 is 1.21 bits per heavy atom. The average Bonchev–Trinajstić information content (AvgIpc) is 2.82.